The predicted octanol–water partition coefficient (Wildman–Crippen LogP) is 1.57. The lowest BCUT2D eigenvalue weighted by atomic mass is 10.0. The van der Waals surface area contributed by atoms with Gasteiger partial charge in [0.15, 0.2) is 0 Å². The monoisotopic (exact) mass is 257 g/mol. The maximum absolute atomic E-state index is 4.60. The molecule has 3 heterocycles. The van der Waals surface area contributed by atoms with Crippen molar-refractivity contribution in [3.8, 4) is 11.4 Å². The van der Waals surface area contributed by atoms with E-state index >= 15 is 0 Å². The molecular formula is C14H19N5. The molecular weight excluding hydrogens is 238 g/mol. The summed E-state index contributed by atoms with van der Waals surface area (Å²) in [6.07, 6.45) is 3.04. The van der Waals surface area contributed by atoms with Crippen molar-refractivity contribution in [3.63, 3.8) is 0 Å². The number of nitrogens with zero attached hydrogens (tertiary/aromatic N) is 4. The van der Waals surface area contributed by atoms with Gasteiger partial charge in [0, 0.05) is 25.2 Å². The first-order valence-electron chi connectivity index (χ1n) is 6.70. The molecule has 2 aromatic heterocycles. The summed E-state index contributed by atoms with van der Waals surface area (Å²) in [7, 11) is 2.02. The molecule has 3 rings (SSSR count). The van der Waals surface area contributed by atoms with Crippen LogP contribution in [-0.2, 0) is 7.05 Å². The van der Waals surface area contributed by atoms with Crippen LogP contribution in [0.3, 0.4) is 0 Å². The molecule has 1 fully saturated rings. The molecule has 0 aliphatic carbocycles. The van der Waals surface area contributed by atoms with Gasteiger partial charge in [-0.1, -0.05) is 0 Å². The lowest BCUT2D eigenvalue weighted by molar-refractivity contribution is 0.724. The third kappa shape index (κ3) is 2.26. The summed E-state index contributed by atoms with van der Waals surface area (Å²) in [4.78, 5) is 13.5. The first-order chi connectivity index (χ1) is 9.15. The summed E-state index contributed by atoms with van der Waals surface area (Å²) in [6.45, 7) is 6.05. The number of hydrogen-bond donors (Lipinski definition) is 1. The van der Waals surface area contributed by atoms with E-state index in [0.29, 0.717) is 5.92 Å². The zero-order valence-corrected chi connectivity index (χ0v) is 11.6. The average molecular weight is 257 g/mol. The van der Waals surface area contributed by atoms with Gasteiger partial charge in [-0.15, -0.1) is 0 Å². The lowest BCUT2D eigenvalue weighted by Gasteiger charge is -2.11. The summed E-state index contributed by atoms with van der Waals surface area (Å²) < 4.78 is 2.07. The Hall–Kier alpha value is -1.75. The van der Waals surface area contributed by atoms with Gasteiger partial charge < -0.3 is 9.88 Å². The van der Waals surface area contributed by atoms with Crippen LogP contribution in [0.15, 0.2) is 12.3 Å². The van der Waals surface area contributed by atoms with Gasteiger partial charge in [0.05, 0.1) is 17.6 Å². The van der Waals surface area contributed by atoms with Crippen LogP contribution in [0.25, 0.3) is 11.4 Å². The molecule has 1 aliphatic heterocycles. The van der Waals surface area contributed by atoms with Gasteiger partial charge in [0.25, 0.3) is 0 Å². The summed E-state index contributed by atoms with van der Waals surface area (Å²) >= 11 is 0. The van der Waals surface area contributed by atoms with E-state index in [2.05, 4.69) is 30.9 Å². The van der Waals surface area contributed by atoms with E-state index in [-0.39, 0.29) is 0 Å². The van der Waals surface area contributed by atoms with Crippen LogP contribution < -0.4 is 5.32 Å². The van der Waals surface area contributed by atoms with Crippen molar-refractivity contribution in [1.82, 2.24) is 24.8 Å². The third-order valence-electron chi connectivity index (χ3n) is 3.82. The Bertz CT molecular complexity index is 596. The fourth-order valence-electron chi connectivity index (χ4n) is 2.58. The van der Waals surface area contributed by atoms with Crippen LogP contribution in [-0.4, -0.2) is 32.6 Å². The Kier molecular flexibility index (Phi) is 3.06. The maximum atomic E-state index is 4.60. The van der Waals surface area contributed by atoms with Crippen molar-refractivity contribution >= 4 is 0 Å². The number of aryl methyl sites for hydroxylation is 2. The van der Waals surface area contributed by atoms with E-state index in [1.165, 1.54) is 0 Å². The Morgan fingerprint density at radius 2 is 2.16 bits per heavy atom. The molecule has 2 aromatic rings. The van der Waals surface area contributed by atoms with Gasteiger partial charge in [0.1, 0.15) is 11.6 Å². The molecule has 19 heavy (non-hydrogen) atoms. The minimum Gasteiger partial charge on any atom is -0.330 e. The highest BCUT2D eigenvalue weighted by Gasteiger charge is 2.20. The van der Waals surface area contributed by atoms with Crippen LogP contribution >= 0.6 is 0 Å². The van der Waals surface area contributed by atoms with E-state index in [0.717, 1.165) is 48.2 Å². The number of aromatic nitrogens is 4. The fourth-order valence-corrected chi connectivity index (χ4v) is 2.58. The first-order valence-corrected chi connectivity index (χ1v) is 6.70. The molecule has 100 valence electrons. The minimum absolute atomic E-state index is 0.509. The van der Waals surface area contributed by atoms with Crippen molar-refractivity contribution in [2.75, 3.05) is 13.1 Å². The fraction of sp³-hybridized carbons (Fsp3) is 0.500. The summed E-state index contributed by atoms with van der Waals surface area (Å²) in [5, 5.41) is 3.39. The quantitative estimate of drug-likeness (QED) is 0.887. The minimum atomic E-state index is 0.509. The zero-order chi connectivity index (χ0) is 13.4. The molecule has 5 heteroatoms. The number of hydrogen-bond acceptors (Lipinski definition) is 4. The molecule has 0 spiro atoms. The van der Waals surface area contributed by atoms with Gasteiger partial charge in [-0.05, 0) is 32.9 Å². The van der Waals surface area contributed by atoms with Crippen LogP contribution in [0.1, 0.15) is 29.7 Å². The molecule has 0 bridgehead atoms. The lowest BCUT2D eigenvalue weighted by Crippen LogP contribution is -2.10. The van der Waals surface area contributed by atoms with Crippen molar-refractivity contribution in [2.45, 2.75) is 26.2 Å². The normalized spacial score (nSPS) is 19.0. The molecule has 0 unspecified atom stereocenters. The first kappa shape index (κ1) is 12.3. The molecule has 0 aromatic carbocycles. The van der Waals surface area contributed by atoms with Crippen molar-refractivity contribution < 1.29 is 0 Å². The van der Waals surface area contributed by atoms with Crippen LogP contribution in [0.2, 0.25) is 0 Å². The molecule has 0 saturated carbocycles. The Labute approximate surface area is 113 Å². The topological polar surface area (TPSA) is 55.6 Å². The largest absolute Gasteiger partial charge is 0.330 e. The predicted molar refractivity (Wildman–Crippen MR) is 73.9 cm³/mol. The highest BCUT2D eigenvalue weighted by Crippen LogP contribution is 2.25. The third-order valence-corrected chi connectivity index (χ3v) is 3.82. The average Bonchev–Trinajstić information content (AvgIpc) is 3.01. The van der Waals surface area contributed by atoms with E-state index in [9.17, 15) is 0 Å². The van der Waals surface area contributed by atoms with Gasteiger partial charge in [-0.3, -0.25) is 0 Å². The second-order valence-corrected chi connectivity index (χ2v) is 5.16. The SMILES string of the molecule is Cc1nc(-c2cnc(C)n2C)cc([C@H]2CCNC2)n1. The molecule has 1 N–H and O–H groups in total. The van der Waals surface area contributed by atoms with Crippen LogP contribution in [0.4, 0.5) is 0 Å². The summed E-state index contributed by atoms with van der Waals surface area (Å²) in [5.74, 6) is 2.34. The molecule has 5 nitrogen and oxygen atoms in total. The summed E-state index contributed by atoms with van der Waals surface area (Å²) in [6, 6.07) is 2.11. The Morgan fingerprint density at radius 3 is 2.79 bits per heavy atom. The molecule has 0 amide bonds. The van der Waals surface area contributed by atoms with E-state index in [1.54, 1.807) is 0 Å². The molecule has 0 radical (unpaired) electrons. The Morgan fingerprint density at radius 1 is 1.32 bits per heavy atom. The van der Waals surface area contributed by atoms with Crippen LogP contribution in [0, 0.1) is 13.8 Å². The maximum Gasteiger partial charge on any atom is 0.126 e. The number of nitrogens with one attached hydrogen (secondary N) is 1. The second-order valence-electron chi connectivity index (χ2n) is 5.16. The zero-order valence-electron chi connectivity index (χ0n) is 11.6. The van der Waals surface area contributed by atoms with Crippen molar-refractivity contribution in [3.05, 3.63) is 29.6 Å². The molecule has 1 saturated heterocycles. The Balaban J connectivity index is 2.04. The van der Waals surface area contributed by atoms with E-state index in [1.807, 2.05) is 27.1 Å². The van der Waals surface area contributed by atoms with E-state index < -0.39 is 0 Å². The van der Waals surface area contributed by atoms with Gasteiger partial charge >= 0.3 is 0 Å². The highest BCUT2D eigenvalue weighted by atomic mass is 15.1. The molecule has 1 aliphatic rings. The smallest absolute Gasteiger partial charge is 0.126 e. The van der Waals surface area contributed by atoms with Crippen LogP contribution in [0.5, 0.6) is 0 Å². The number of rotatable bonds is 2. The standard InChI is InChI=1S/C14H19N5/c1-9-17-12(11-4-5-15-7-11)6-13(18-9)14-8-16-10(2)19(14)3/h6,8,11,15H,4-5,7H2,1-3H3/t11-/m0/s1. The van der Waals surface area contributed by atoms with E-state index in [4.69, 9.17) is 0 Å². The van der Waals surface area contributed by atoms with Crippen molar-refractivity contribution in [1.29, 1.82) is 0 Å². The summed E-state index contributed by atoms with van der Waals surface area (Å²) in [5.41, 5.74) is 3.17. The number of imidazole rings is 1. The van der Waals surface area contributed by atoms with Gasteiger partial charge in [-0.2, -0.15) is 0 Å². The van der Waals surface area contributed by atoms with Gasteiger partial charge in [-0.25, -0.2) is 15.0 Å². The molecule has 1 atom stereocenters. The van der Waals surface area contributed by atoms with Gasteiger partial charge in [0.2, 0.25) is 0 Å². The second kappa shape index (κ2) is 4.74. The highest BCUT2D eigenvalue weighted by molar-refractivity contribution is 5.55. The van der Waals surface area contributed by atoms with Crippen molar-refractivity contribution in [2.24, 2.45) is 7.05 Å².